The summed E-state index contributed by atoms with van der Waals surface area (Å²) in [7, 11) is 0. The summed E-state index contributed by atoms with van der Waals surface area (Å²) in [5.74, 6) is 1.35. The van der Waals surface area contributed by atoms with E-state index in [2.05, 4.69) is 10.7 Å². The summed E-state index contributed by atoms with van der Waals surface area (Å²) in [6.45, 7) is 1.89. The number of hydrogen-bond donors (Lipinski definition) is 0. The van der Waals surface area contributed by atoms with Crippen LogP contribution >= 0.6 is 0 Å². The maximum Gasteiger partial charge on any atom is 0.313 e. The van der Waals surface area contributed by atoms with Gasteiger partial charge < -0.3 is 9.47 Å². The highest BCUT2D eigenvalue weighted by atomic mass is 16.5. The van der Waals surface area contributed by atoms with Crippen molar-refractivity contribution in [2.45, 2.75) is 13.3 Å². The Morgan fingerprint density at radius 3 is 2.69 bits per heavy atom. The van der Waals surface area contributed by atoms with Gasteiger partial charge in [-0.1, -0.05) is 5.92 Å². The smallest absolute Gasteiger partial charge is 0.313 e. The van der Waals surface area contributed by atoms with Crippen LogP contribution in [0.4, 0.5) is 0 Å². The van der Waals surface area contributed by atoms with E-state index in [1.807, 2.05) is 0 Å². The third-order valence-corrected chi connectivity index (χ3v) is 1.10. The molecule has 0 aliphatic carbocycles. The van der Waals surface area contributed by atoms with Gasteiger partial charge in [-0.15, -0.1) is 6.42 Å². The van der Waals surface area contributed by atoms with Gasteiger partial charge in [-0.2, -0.15) is 0 Å². The van der Waals surface area contributed by atoms with Crippen molar-refractivity contribution in [3.8, 4) is 12.3 Å². The summed E-state index contributed by atoms with van der Waals surface area (Å²) in [5.41, 5.74) is 0. The summed E-state index contributed by atoms with van der Waals surface area (Å²) >= 11 is 0. The molecule has 72 valence electrons. The number of ketones is 1. The van der Waals surface area contributed by atoms with E-state index in [4.69, 9.17) is 11.2 Å². The van der Waals surface area contributed by atoms with Crippen molar-refractivity contribution in [2.24, 2.45) is 0 Å². The van der Waals surface area contributed by atoms with E-state index < -0.39 is 5.97 Å². The Morgan fingerprint density at radius 2 is 2.15 bits per heavy atom. The van der Waals surface area contributed by atoms with Gasteiger partial charge in [0.2, 0.25) is 0 Å². The van der Waals surface area contributed by atoms with Crippen molar-refractivity contribution in [3.05, 3.63) is 0 Å². The maximum atomic E-state index is 10.9. The van der Waals surface area contributed by atoms with Crippen LogP contribution in [-0.4, -0.2) is 31.6 Å². The van der Waals surface area contributed by atoms with E-state index >= 15 is 0 Å². The number of esters is 1. The predicted octanol–water partition coefficient (Wildman–Crippen LogP) is 0.158. The first-order valence-corrected chi connectivity index (χ1v) is 3.89. The molecule has 0 saturated heterocycles. The van der Waals surface area contributed by atoms with Gasteiger partial charge in [-0.3, -0.25) is 9.59 Å². The van der Waals surface area contributed by atoms with Gasteiger partial charge in [0.1, 0.15) is 19.6 Å². The van der Waals surface area contributed by atoms with Gasteiger partial charge in [-0.25, -0.2) is 0 Å². The second-order valence-corrected chi connectivity index (χ2v) is 2.22. The number of carbonyl (C=O) groups is 2. The molecule has 0 aliphatic heterocycles. The molecule has 0 aromatic rings. The summed E-state index contributed by atoms with van der Waals surface area (Å²) in [6.07, 6.45) is 4.63. The van der Waals surface area contributed by atoms with E-state index in [-0.39, 0.29) is 32.0 Å². The Kier molecular flexibility index (Phi) is 6.56. The number of carbonyl (C=O) groups excluding carboxylic acids is 2. The summed E-state index contributed by atoms with van der Waals surface area (Å²) in [5, 5.41) is 0. The van der Waals surface area contributed by atoms with Crippen molar-refractivity contribution in [1.82, 2.24) is 0 Å². The predicted molar refractivity (Wildman–Crippen MR) is 45.9 cm³/mol. The molecule has 4 heteroatoms. The highest BCUT2D eigenvalue weighted by Gasteiger charge is 2.09. The first kappa shape index (κ1) is 11.7. The number of terminal acetylenes is 1. The molecule has 0 unspecified atom stereocenters. The fraction of sp³-hybridized carbons (Fsp3) is 0.556. The summed E-state index contributed by atoms with van der Waals surface area (Å²) < 4.78 is 9.29. The molecular formula is C9H12O4. The zero-order valence-corrected chi connectivity index (χ0v) is 7.54. The molecule has 0 fully saturated rings. The summed E-state index contributed by atoms with van der Waals surface area (Å²) in [6, 6.07) is 0. The van der Waals surface area contributed by atoms with Crippen LogP contribution in [0, 0.1) is 12.3 Å². The van der Waals surface area contributed by atoms with Gasteiger partial charge in [-0.05, 0) is 6.92 Å². The second kappa shape index (κ2) is 7.32. The van der Waals surface area contributed by atoms with Crippen LogP contribution in [0.15, 0.2) is 0 Å². The molecule has 0 saturated carbocycles. The largest absolute Gasteiger partial charge is 0.466 e. The third kappa shape index (κ3) is 7.04. The molecule has 0 bridgehead atoms. The average Bonchev–Trinajstić information content (AvgIpc) is 2.05. The van der Waals surface area contributed by atoms with Crippen LogP contribution in [0.2, 0.25) is 0 Å². The third-order valence-electron chi connectivity index (χ3n) is 1.10. The molecule has 0 N–H and O–H groups in total. The molecular weight excluding hydrogens is 172 g/mol. The molecule has 0 aliphatic rings. The maximum absolute atomic E-state index is 10.9. The standard InChI is InChI=1S/C9H12O4/c1-3-5-12-7-8(10)6-9(11)13-4-2/h1H,4-7H2,2H3. The molecule has 13 heavy (non-hydrogen) atoms. The van der Waals surface area contributed by atoms with Gasteiger partial charge >= 0.3 is 5.97 Å². The number of hydrogen-bond acceptors (Lipinski definition) is 4. The lowest BCUT2D eigenvalue weighted by Crippen LogP contribution is -2.15. The van der Waals surface area contributed by atoms with Crippen LogP contribution < -0.4 is 0 Å². The van der Waals surface area contributed by atoms with Gasteiger partial charge in [0, 0.05) is 0 Å². The van der Waals surface area contributed by atoms with Gasteiger partial charge in [0.05, 0.1) is 6.61 Å². The first-order valence-electron chi connectivity index (χ1n) is 3.89. The molecule has 0 atom stereocenters. The average molecular weight is 184 g/mol. The lowest BCUT2D eigenvalue weighted by atomic mass is 10.3. The highest BCUT2D eigenvalue weighted by molar-refractivity contribution is 5.96. The van der Waals surface area contributed by atoms with Crippen LogP contribution in [-0.2, 0) is 19.1 Å². The van der Waals surface area contributed by atoms with E-state index in [1.54, 1.807) is 6.92 Å². The Labute approximate surface area is 77.2 Å². The van der Waals surface area contributed by atoms with E-state index in [1.165, 1.54) is 0 Å². The minimum absolute atomic E-state index is 0.0779. The van der Waals surface area contributed by atoms with Crippen molar-refractivity contribution in [3.63, 3.8) is 0 Å². The van der Waals surface area contributed by atoms with E-state index in [9.17, 15) is 9.59 Å². The SMILES string of the molecule is C#CCOCC(=O)CC(=O)OCC. The lowest BCUT2D eigenvalue weighted by Gasteiger charge is -2.00. The molecule has 4 nitrogen and oxygen atoms in total. The molecule has 0 aromatic heterocycles. The molecule has 0 rings (SSSR count). The molecule has 0 heterocycles. The molecule has 0 aromatic carbocycles. The monoisotopic (exact) mass is 184 g/mol. The minimum atomic E-state index is -0.531. The van der Waals surface area contributed by atoms with Crippen molar-refractivity contribution in [1.29, 1.82) is 0 Å². The Morgan fingerprint density at radius 1 is 1.46 bits per heavy atom. The van der Waals surface area contributed by atoms with Crippen LogP contribution in [0.25, 0.3) is 0 Å². The van der Waals surface area contributed by atoms with Crippen LogP contribution in [0.3, 0.4) is 0 Å². The number of rotatable bonds is 6. The minimum Gasteiger partial charge on any atom is -0.466 e. The fourth-order valence-electron chi connectivity index (χ4n) is 0.648. The zero-order valence-electron chi connectivity index (χ0n) is 7.54. The topological polar surface area (TPSA) is 52.6 Å². The number of ether oxygens (including phenoxy) is 2. The zero-order chi connectivity index (χ0) is 10.1. The lowest BCUT2D eigenvalue weighted by molar-refractivity contribution is -0.146. The highest BCUT2D eigenvalue weighted by Crippen LogP contribution is 1.89. The molecule has 0 spiro atoms. The van der Waals surface area contributed by atoms with Crippen LogP contribution in [0.1, 0.15) is 13.3 Å². The summed E-state index contributed by atoms with van der Waals surface area (Å²) in [4.78, 5) is 21.7. The van der Waals surface area contributed by atoms with Gasteiger partial charge in [0.25, 0.3) is 0 Å². The molecule has 0 amide bonds. The quantitative estimate of drug-likeness (QED) is 0.255. The van der Waals surface area contributed by atoms with Crippen molar-refractivity contribution < 1.29 is 19.1 Å². The Hall–Kier alpha value is -1.34. The second-order valence-electron chi connectivity index (χ2n) is 2.22. The Bertz CT molecular complexity index is 214. The fourth-order valence-corrected chi connectivity index (χ4v) is 0.648. The molecule has 0 radical (unpaired) electrons. The van der Waals surface area contributed by atoms with Crippen molar-refractivity contribution in [2.75, 3.05) is 19.8 Å². The van der Waals surface area contributed by atoms with E-state index in [0.717, 1.165) is 0 Å². The van der Waals surface area contributed by atoms with Gasteiger partial charge in [0.15, 0.2) is 5.78 Å². The number of Topliss-reactive ketones (excluding diaryl/α,β-unsaturated/α-hetero) is 1. The first-order chi connectivity index (χ1) is 6.20. The van der Waals surface area contributed by atoms with Crippen LogP contribution in [0.5, 0.6) is 0 Å². The van der Waals surface area contributed by atoms with E-state index in [0.29, 0.717) is 0 Å². The Balaban J connectivity index is 3.51. The normalized spacial score (nSPS) is 8.92. The van der Waals surface area contributed by atoms with Crippen molar-refractivity contribution >= 4 is 11.8 Å².